The van der Waals surface area contributed by atoms with Crippen molar-refractivity contribution in [2.75, 3.05) is 0 Å². The van der Waals surface area contributed by atoms with Gasteiger partial charge < -0.3 is 0 Å². The van der Waals surface area contributed by atoms with Crippen LogP contribution in [-0.4, -0.2) is 9.55 Å². The summed E-state index contributed by atoms with van der Waals surface area (Å²) in [6, 6.07) is 15.1. The van der Waals surface area contributed by atoms with Gasteiger partial charge in [-0.2, -0.15) is 0 Å². The van der Waals surface area contributed by atoms with Gasteiger partial charge in [0.15, 0.2) is 0 Å². The van der Waals surface area contributed by atoms with E-state index in [0.717, 1.165) is 10.4 Å². The molecule has 0 aliphatic carbocycles. The molecule has 0 atom stereocenters. The van der Waals surface area contributed by atoms with Crippen LogP contribution in [0.15, 0.2) is 59.7 Å². The van der Waals surface area contributed by atoms with Crippen molar-refractivity contribution in [3.8, 4) is 10.4 Å². The van der Waals surface area contributed by atoms with E-state index in [-0.39, 0.29) is 12.1 Å². The second-order valence-corrected chi connectivity index (χ2v) is 7.92. The summed E-state index contributed by atoms with van der Waals surface area (Å²) in [6.45, 7) is 0.205. The number of nitrogens with zero attached hydrogens (tertiary/aromatic N) is 2. The first kappa shape index (κ1) is 17.6. The molecule has 0 bridgehead atoms. The first-order chi connectivity index (χ1) is 12.5. The number of thiophene rings is 1. The first-order valence-electron chi connectivity index (χ1n) is 7.71. The number of rotatable bonds is 3. The van der Waals surface area contributed by atoms with E-state index >= 15 is 0 Å². The summed E-state index contributed by atoms with van der Waals surface area (Å²) in [5, 5.41) is 1.78. The van der Waals surface area contributed by atoms with E-state index in [1.807, 2.05) is 36.4 Å². The molecule has 2 heterocycles. The monoisotopic (exact) mass is 420 g/mol. The molecule has 4 rings (SSSR count). The molecular formula is C19H11Cl3N2OS. The van der Waals surface area contributed by atoms with Gasteiger partial charge in [-0.3, -0.25) is 9.36 Å². The van der Waals surface area contributed by atoms with Crippen LogP contribution in [0.4, 0.5) is 0 Å². The lowest BCUT2D eigenvalue weighted by Crippen LogP contribution is -2.20. The van der Waals surface area contributed by atoms with Gasteiger partial charge in [-0.15, -0.1) is 11.3 Å². The fraction of sp³-hybridized carbons (Fsp3) is 0.0526. The van der Waals surface area contributed by atoms with Gasteiger partial charge in [-0.1, -0.05) is 65.1 Å². The molecule has 0 aliphatic heterocycles. The van der Waals surface area contributed by atoms with Gasteiger partial charge in [0.05, 0.1) is 28.3 Å². The molecule has 130 valence electrons. The lowest BCUT2D eigenvalue weighted by atomic mass is 10.2. The molecule has 0 N–H and O–H groups in total. The van der Waals surface area contributed by atoms with Crippen molar-refractivity contribution >= 4 is 56.4 Å². The average molecular weight is 422 g/mol. The Labute approximate surface area is 168 Å². The first-order valence-corrected chi connectivity index (χ1v) is 9.66. The van der Waals surface area contributed by atoms with E-state index in [2.05, 4.69) is 4.98 Å². The molecule has 2 aromatic carbocycles. The van der Waals surface area contributed by atoms with Crippen molar-refractivity contribution in [3.63, 3.8) is 0 Å². The molecule has 0 spiro atoms. The zero-order valence-electron chi connectivity index (χ0n) is 13.2. The van der Waals surface area contributed by atoms with Crippen molar-refractivity contribution < 1.29 is 0 Å². The molecule has 7 heteroatoms. The molecule has 26 heavy (non-hydrogen) atoms. The number of hydrogen-bond donors (Lipinski definition) is 0. The van der Waals surface area contributed by atoms with Crippen molar-refractivity contribution in [2.24, 2.45) is 0 Å². The molecule has 0 fully saturated rings. The Kier molecular flexibility index (Phi) is 4.76. The second kappa shape index (κ2) is 7.05. The Morgan fingerprint density at radius 3 is 2.50 bits per heavy atom. The third-order valence-electron chi connectivity index (χ3n) is 4.04. The van der Waals surface area contributed by atoms with Gasteiger partial charge >= 0.3 is 0 Å². The largest absolute Gasteiger partial charge is 0.294 e. The summed E-state index contributed by atoms with van der Waals surface area (Å²) in [4.78, 5) is 19.0. The van der Waals surface area contributed by atoms with Gasteiger partial charge in [-0.05, 0) is 23.8 Å². The number of halogens is 3. The van der Waals surface area contributed by atoms with Gasteiger partial charge in [0.2, 0.25) is 0 Å². The molecule has 0 saturated heterocycles. The Morgan fingerprint density at radius 2 is 1.73 bits per heavy atom. The Morgan fingerprint density at radius 1 is 1.00 bits per heavy atom. The van der Waals surface area contributed by atoms with Gasteiger partial charge in [0, 0.05) is 15.5 Å². The molecule has 0 aliphatic rings. The smallest absolute Gasteiger partial charge is 0.262 e. The summed E-state index contributed by atoms with van der Waals surface area (Å²) in [5.41, 5.74) is 1.52. The predicted molar refractivity (Wildman–Crippen MR) is 110 cm³/mol. The number of benzene rings is 2. The predicted octanol–water partition coefficient (Wildman–Crippen LogP) is 6.13. The number of aromatic nitrogens is 2. The van der Waals surface area contributed by atoms with Crippen molar-refractivity contribution in [3.05, 3.63) is 85.8 Å². The lowest BCUT2D eigenvalue weighted by molar-refractivity contribution is 0.750. The zero-order valence-corrected chi connectivity index (χ0v) is 16.3. The summed E-state index contributed by atoms with van der Waals surface area (Å²) in [7, 11) is 0. The number of fused-ring (bicyclic) bond motifs is 1. The molecule has 0 amide bonds. The lowest BCUT2D eigenvalue weighted by Gasteiger charge is -2.10. The van der Waals surface area contributed by atoms with Crippen LogP contribution in [0.2, 0.25) is 15.1 Å². The third kappa shape index (κ3) is 3.14. The summed E-state index contributed by atoms with van der Waals surface area (Å²) < 4.78 is 1.49. The summed E-state index contributed by atoms with van der Waals surface area (Å²) >= 11 is 20.0. The third-order valence-corrected chi connectivity index (χ3v) is 6.33. The Bertz CT molecular complexity index is 1170. The normalized spacial score (nSPS) is 11.2. The van der Waals surface area contributed by atoms with Crippen LogP contribution in [-0.2, 0) is 6.54 Å². The maximum atomic E-state index is 12.9. The van der Waals surface area contributed by atoms with E-state index in [4.69, 9.17) is 34.8 Å². The molecule has 3 nitrogen and oxygen atoms in total. The highest BCUT2D eigenvalue weighted by Crippen LogP contribution is 2.33. The maximum absolute atomic E-state index is 12.9. The minimum atomic E-state index is -0.138. The Balaban J connectivity index is 1.80. The van der Waals surface area contributed by atoms with E-state index in [1.54, 1.807) is 12.1 Å². The van der Waals surface area contributed by atoms with Gasteiger partial charge in [0.1, 0.15) is 4.83 Å². The van der Waals surface area contributed by atoms with Crippen LogP contribution in [0.5, 0.6) is 0 Å². The maximum Gasteiger partial charge on any atom is 0.262 e. The van der Waals surface area contributed by atoms with Crippen molar-refractivity contribution in [2.45, 2.75) is 6.54 Å². The van der Waals surface area contributed by atoms with Gasteiger partial charge in [-0.25, -0.2) is 4.98 Å². The number of hydrogen-bond acceptors (Lipinski definition) is 3. The highest BCUT2D eigenvalue weighted by molar-refractivity contribution is 7.21. The summed E-state index contributed by atoms with van der Waals surface area (Å²) in [5.74, 6) is 0. The van der Waals surface area contributed by atoms with Crippen LogP contribution in [0.3, 0.4) is 0 Å². The van der Waals surface area contributed by atoms with Gasteiger partial charge in [0.25, 0.3) is 5.56 Å². The molecule has 4 aromatic rings. The van der Waals surface area contributed by atoms with Crippen LogP contribution in [0, 0.1) is 0 Å². The summed E-state index contributed by atoms with van der Waals surface area (Å²) in [6.07, 6.45) is 1.52. The van der Waals surface area contributed by atoms with E-state index in [1.165, 1.54) is 22.2 Å². The van der Waals surface area contributed by atoms with Crippen LogP contribution in [0.25, 0.3) is 20.7 Å². The van der Waals surface area contributed by atoms with Crippen LogP contribution >= 0.6 is 46.1 Å². The minimum absolute atomic E-state index is 0.138. The Hall–Kier alpha value is -1.85. The fourth-order valence-corrected chi connectivity index (χ4v) is 4.36. The zero-order chi connectivity index (χ0) is 18.3. The standard InChI is InChI=1S/C19H11Cl3N2OS/c20-14-6-7-15(21)17(22)13(14)9-24-10-23-18-12(19(24)25)8-16(26-18)11-4-2-1-3-5-11/h1-8,10H,9H2. The van der Waals surface area contributed by atoms with Crippen LogP contribution in [0.1, 0.15) is 5.56 Å². The van der Waals surface area contributed by atoms with E-state index < -0.39 is 0 Å². The van der Waals surface area contributed by atoms with E-state index in [0.29, 0.717) is 30.8 Å². The second-order valence-electron chi connectivity index (χ2n) is 5.69. The van der Waals surface area contributed by atoms with Crippen molar-refractivity contribution in [1.29, 1.82) is 0 Å². The van der Waals surface area contributed by atoms with Crippen LogP contribution < -0.4 is 5.56 Å². The highest BCUT2D eigenvalue weighted by Gasteiger charge is 2.14. The molecule has 2 aromatic heterocycles. The highest BCUT2D eigenvalue weighted by atomic mass is 35.5. The molecule has 0 saturated carbocycles. The minimum Gasteiger partial charge on any atom is -0.294 e. The van der Waals surface area contributed by atoms with Crippen molar-refractivity contribution in [1.82, 2.24) is 9.55 Å². The molecular weight excluding hydrogens is 411 g/mol. The molecule has 0 unspecified atom stereocenters. The topological polar surface area (TPSA) is 34.9 Å². The van der Waals surface area contributed by atoms with E-state index in [9.17, 15) is 4.79 Å². The SMILES string of the molecule is O=c1c2cc(-c3ccccc3)sc2ncn1Cc1c(Cl)ccc(Cl)c1Cl. The fourth-order valence-electron chi connectivity index (χ4n) is 2.70. The average Bonchev–Trinajstić information content (AvgIpc) is 3.10. The molecule has 0 radical (unpaired) electrons. The quantitative estimate of drug-likeness (QED) is 0.373.